The second-order valence-corrected chi connectivity index (χ2v) is 9.37. The van der Waals surface area contributed by atoms with Crippen LogP contribution >= 0.6 is 23.2 Å². The largest absolute Gasteiger partial charge is 0.487 e. The molecule has 4 nitrogen and oxygen atoms in total. The van der Waals surface area contributed by atoms with Crippen molar-refractivity contribution in [3.63, 3.8) is 0 Å². The molecule has 29 heavy (non-hydrogen) atoms. The SMILES string of the molecule is Cc1ccc(S(=O)(=O)OCC2Cc3cccc(-c4ccc(Cl)cc4Cl)c3O2)cc1. The second kappa shape index (κ2) is 8.00. The first-order chi connectivity index (χ1) is 13.8. The molecule has 0 aliphatic carbocycles. The summed E-state index contributed by atoms with van der Waals surface area (Å²) in [4.78, 5) is 0.132. The van der Waals surface area contributed by atoms with Gasteiger partial charge in [0.15, 0.2) is 0 Å². The van der Waals surface area contributed by atoms with E-state index in [2.05, 4.69) is 0 Å². The van der Waals surface area contributed by atoms with Gasteiger partial charge in [-0.3, -0.25) is 4.18 Å². The van der Waals surface area contributed by atoms with Gasteiger partial charge in [0, 0.05) is 22.6 Å². The number of benzene rings is 3. The van der Waals surface area contributed by atoms with Crippen LogP contribution < -0.4 is 4.74 Å². The molecule has 1 aliphatic heterocycles. The van der Waals surface area contributed by atoms with Gasteiger partial charge in [0.05, 0.1) is 9.92 Å². The lowest BCUT2D eigenvalue weighted by atomic mass is 10.0. The summed E-state index contributed by atoms with van der Waals surface area (Å²) in [6, 6.07) is 17.6. The van der Waals surface area contributed by atoms with Gasteiger partial charge in [0.2, 0.25) is 0 Å². The molecule has 0 bridgehead atoms. The van der Waals surface area contributed by atoms with Crippen LogP contribution in [0.15, 0.2) is 65.6 Å². The fourth-order valence-electron chi connectivity index (χ4n) is 3.29. The summed E-state index contributed by atoms with van der Waals surface area (Å²) in [7, 11) is -3.84. The van der Waals surface area contributed by atoms with E-state index >= 15 is 0 Å². The van der Waals surface area contributed by atoms with Crippen molar-refractivity contribution in [3.8, 4) is 16.9 Å². The average Bonchev–Trinajstić information content (AvgIpc) is 3.10. The van der Waals surface area contributed by atoms with Crippen molar-refractivity contribution >= 4 is 33.3 Å². The Kier molecular flexibility index (Phi) is 5.58. The van der Waals surface area contributed by atoms with Crippen molar-refractivity contribution < 1.29 is 17.3 Å². The Hall–Kier alpha value is -2.05. The highest BCUT2D eigenvalue weighted by Crippen LogP contribution is 2.42. The lowest BCUT2D eigenvalue weighted by Crippen LogP contribution is -2.23. The first-order valence-electron chi connectivity index (χ1n) is 9.03. The highest BCUT2D eigenvalue weighted by atomic mass is 35.5. The van der Waals surface area contributed by atoms with E-state index in [1.807, 2.05) is 31.2 Å². The van der Waals surface area contributed by atoms with E-state index in [0.29, 0.717) is 22.2 Å². The van der Waals surface area contributed by atoms with Crippen molar-refractivity contribution in [2.24, 2.45) is 0 Å². The zero-order chi connectivity index (χ0) is 20.6. The van der Waals surface area contributed by atoms with Crippen molar-refractivity contribution in [1.82, 2.24) is 0 Å². The van der Waals surface area contributed by atoms with Gasteiger partial charge in [-0.1, -0.05) is 65.2 Å². The molecule has 7 heteroatoms. The van der Waals surface area contributed by atoms with Gasteiger partial charge in [0.1, 0.15) is 18.5 Å². The molecule has 0 fully saturated rings. The summed E-state index contributed by atoms with van der Waals surface area (Å²) >= 11 is 12.4. The predicted octanol–water partition coefficient (Wildman–Crippen LogP) is 5.68. The van der Waals surface area contributed by atoms with Crippen molar-refractivity contribution in [2.45, 2.75) is 24.3 Å². The minimum Gasteiger partial charge on any atom is -0.487 e. The Labute approximate surface area is 180 Å². The Bertz CT molecular complexity index is 1160. The van der Waals surface area contributed by atoms with Gasteiger partial charge in [-0.2, -0.15) is 8.42 Å². The summed E-state index contributed by atoms with van der Waals surface area (Å²) in [5.41, 5.74) is 3.61. The van der Waals surface area contributed by atoms with E-state index in [4.69, 9.17) is 32.1 Å². The van der Waals surface area contributed by atoms with E-state index in [-0.39, 0.29) is 11.5 Å². The van der Waals surface area contributed by atoms with E-state index < -0.39 is 16.2 Å². The molecule has 3 aromatic carbocycles. The molecule has 3 aromatic rings. The smallest absolute Gasteiger partial charge is 0.297 e. The Morgan fingerprint density at radius 2 is 1.79 bits per heavy atom. The predicted molar refractivity (Wildman–Crippen MR) is 114 cm³/mol. The molecule has 1 unspecified atom stereocenters. The maximum atomic E-state index is 12.4. The normalized spacial score (nSPS) is 15.8. The Balaban J connectivity index is 1.52. The van der Waals surface area contributed by atoms with Crippen LogP contribution in [0, 0.1) is 6.92 Å². The molecule has 1 heterocycles. The Morgan fingerprint density at radius 1 is 1.03 bits per heavy atom. The topological polar surface area (TPSA) is 52.6 Å². The molecule has 0 amide bonds. The summed E-state index contributed by atoms with van der Waals surface area (Å²) < 4.78 is 36.2. The van der Waals surface area contributed by atoms with Crippen molar-refractivity contribution in [2.75, 3.05) is 6.61 Å². The monoisotopic (exact) mass is 448 g/mol. The van der Waals surface area contributed by atoms with Crippen LogP contribution in [0.3, 0.4) is 0 Å². The summed E-state index contributed by atoms with van der Waals surface area (Å²) in [6.45, 7) is 1.82. The molecule has 0 aromatic heterocycles. The molecule has 0 saturated carbocycles. The fraction of sp³-hybridized carbons (Fsp3) is 0.182. The number of fused-ring (bicyclic) bond motifs is 1. The molecule has 0 saturated heterocycles. The van der Waals surface area contributed by atoms with Crippen LogP contribution in [0.2, 0.25) is 10.0 Å². The molecule has 0 radical (unpaired) electrons. The van der Waals surface area contributed by atoms with E-state index in [9.17, 15) is 8.42 Å². The van der Waals surface area contributed by atoms with Crippen LogP contribution in [0.25, 0.3) is 11.1 Å². The molecule has 1 aliphatic rings. The zero-order valence-corrected chi connectivity index (χ0v) is 17.9. The summed E-state index contributed by atoms with van der Waals surface area (Å²) in [6.07, 6.45) is 0.148. The molecule has 0 spiro atoms. The number of halogens is 2. The summed E-state index contributed by atoms with van der Waals surface area (Å²) in [5, 5.41) is 1.08. The van der Waals surface area contributed by atoms with Gasteiger partial charge in [-0.25, -0.2) is 0 Å². The third-order valence-electron chi connectivity index (χ3n) is 4.77. The molecule has 4 rings (SSSR count). The van der Waals surface area contributed by atoms with Crippen LogP contribution in [-0.4, -0.2) is 21.1 Å². The number of rotatable bonds is 5. The number of hydrogen-bond acceptors (Lipinski definition) is 4. The number of para-hydroxylation sites is 1. The second-order valence-electron chi connectivity index (χ2n) is 6.91. The third kappa shape index (κ3) is 4.28. The van der Waals surface area contributed by atoms with Crippen LogP contribution in [-0.2, 0) is 20.7 Å². The van der Waals surface area contributed by atoms with Gasteiger partial charge in [-0.05, 0) is 36.8 Å². The third-order valence-corrected chi connectivity index (χ3v) is 6.61. The first kappa shape index (κ1) is 20.2. The molecular formula is C22H18Cl2O4S. The van der Waals surface area contributed by atoms with Gasteiger partial charge in [0.25, 0.3) is 10.1 Å². The van der Waals surface area contributed by atoms with Crippen LogP contribution in [0.4, 0.5) is 0 Å². The maximum absolute atomic E-state index is 12.4. The zero-order valence-electron chi connectivity index (χ0n) is 15.6. The van der Waals surface area contributed by atoms with Gasteiger partial charge >= 0.3 is 0 Å². The van der Waals surface area contributed by atoms with Crippen LogP contribution in [0.1, 0.15) is 11.1 Å². The highest BCUT2D eigenvalue weighted by molar-refractivity contribution is 7.86. The van der Waals surface area contributed by atoms with E-state index in [0.717, 1.165) is 22.3 Å². The fourth-order valence-corrected chi connectivity index (χ4v) is 4.74. The maximum Gasteiger partial charge on any atom is 0.297 e. The number of aryl methyl sites for hydroxylation is 1. The minimum atomic E-state index is -3.84. The Morgan fingerprint density at radius 3 is 2.52 bits per heavy atom. The van der Waals surface area contributed by atoms with Gasteiger partial charge < -0.3 is 4.74 Å². The molecule has 1 atom stereocenters. The quantitative estimate of drug-likeness (QED) is 0.471. The van der Waals surface area contributed by atoms with Gasteiger partial charge in [-0.15, -0.1) is 0 Å². The highest BCUT2D eigenvalue weighted by Gasteiger charge is 2.28. The number of hydrogen-bond donors (Lipinski definition) is 0. The average molecular weight is 449 g/mol. The number of ether oxygens (including phenoxy) is 1. The molecular weight excluding hydrogens is 431 g/mol. The standard InChI is InChI=1S/C22H18Cl2O4S/c1-14-5-8-18(9-6-14)29(25,26)27-13-17-11-15-3-2-4-20(22(15)28-17)19-10-7-16(23)12-21(19)24/h2-10,12,17H,11,13H2,1H3. The summed E-state index contributed by atoms with van der Waals surface area (Å²) in [5.74, 6) is 0.693. The molecule has 150 valence electrons. The lowest BCUT2D eigenvalue weighted by Gasteiger charge is -2.14. The van der Waals surface area contributed by atoms with E-state index in [1.54, 1.807) is 24.3 Å². The first-order valence-corrected chi connectivity index (χ1v) is 11.2. The van der Waals surface area contributed by atoms with Crippen molar-refractivity contribution in [1.29, 1.82) is 0 Å². The molecule has 0 N–H and O–H groups in total. The lowest BCUT2D eigenvalue weighted by molar-refractivity contribution is 0.152. The van der Waals surface area contributed by atoms with Crippen LogP contribution in [0.5, 0.6) is 5.75 Å². The minimum absolute atomic E-state index is 0.0708. The van der Waals surface area contributed by atoms with E-state index in [1.165, 1.54) is 12.1 Å². The van der Waals surface area contributed by atoms with Crippen molar-refractivity contribution in [3.05, 3.63) is 81.8 Å².